The van der Waals surface area contributed by atoms with Crippen LogP contribution in [0, 0.1) is 11.8 Å². The first-order valence-electron chi connectivity index (χ1n) is 39.0. The summed E-state index contributed by atoms with van der Waals surface area (Å²) in [6.07, 6.45) is 54.3. The summed E-state index contributed by atoms with van der Waals surface area (Å²) in [5, 5.41) is 10.6. The molecule has 0 aromatic heterocycles. The fourth-order valence-electron chi connectivity index (χ4n) is 11.4. The maximum atomic E-state index is 13.1. The second-order valence-corrected chi connectivity index (χ2v) is 30.7. The summed E-state index contributed by atoms with van der Waals surface area (Å²) in [7, 11) is -9.90. The van der Waals surface area contributed by atoms with E-state index in [-0.39, 0.29) is 25.7 Å². The third kappa shape index (κ3) is 67.3. The largest absolute Gasteiger partial charge is 0.472 e. The van der Waals surface area contributed by atoms with Crippen molar-refractivity contribution in [1.29, 1.82) is 0 Å². The van der Waals surface area contributed by atoms with Gasteiger partial charge in [-0.1, -0.05) is 337 Å². The van der Waals surface area contributed by atoms with E-state index in [1.807, 2.05) is 0 Å². The van der Waals surface area contributed by atoms with Crippen LogP contribution in [0.4, 0.5) is 0 Å². The lowest BCUT2D eigenvalue weighted by atomic mass is 9.99. The monoisotopic (exact) mass is 1380 g/mol. The van der Waals surface area contributed by atoms with Crippen LogP contribution in [0.3, 0.4) is 0 Å². The number of phosphoric ester groups is 2. The molecule has 94 heavy (non-hydrogen) atoms. The van der Waals surface area contributed by atoms with Crippen molar-refractivity contribution < 1.29 is 80.2 Å². The third-order valence-corrected chi connectivity index (χ3v) is 19.7. The van der Waals surface area contributed by atoms with Crippen molar-refractivity contribution in [2.75, 3.05) is 39.6 Å². The standard InChI is InChI=1S/C75H146O17P2/c1-7-10-12-14-16-18-19-20-21-22-23-24-25-26-27-28-29-30-33-41-47-53-59-74(79)91-71(64-86-73(78)58-52-46-40-34-31-32-37-43-49-55-67(4)5)66-90-94(83,84)88-62-69(76)61-87-93(81,82)89-65-70(63-85-72(77)57-51-45-39-17-15-13-11-8-2)92-75(80)60-54-48-42-36-35-38-44-50-56-68(6)9-3/h67-71,76H,7-66H2,1-6H3,(H,81,82)(H,83,84)/t68?,69-,70+,71+/m0/s1. The molecule has 0 aliphatic heterocycles. The predicted octanol–water partition coefficient (Wildman–Crippen LogP) is 21.9. The van der Waals surface area contributed by atoms with E-state index in [4.69, 9.17) is 37.0 Å². The Morgan fingerprint density at radius 2 is 0.543 bits per heavy atom. The van der Waals surface area contributed by atoms with Crippen molar-refractivity contribution in [3.05, 3.63) is 0 Å². The molecule has 0 aromatic carbocycles. The fourth-order valence-corrected chi connectivity index (χ4v) is 13.0. The number of unbranched alkanes of at least 4 members (excludes halogenated alkanes) is 43. The Kier molecular flexibility index (Phi) is 65.5. The first-order valence-corrected chi connectivity index (χ1v) is 42.0. The van der Waals surface area contributed by atoms with Crippen LogP contribution < -0.4 is 0 Å². The van der Waals surface area contributed by atoms with Gasteiger partial charge in [0.25, 0.3) is 0 Å². The maximum Gasteiger partial charge on any atom is 0.472 e. The number of hydrogen-bond donors (Lipinski definition) is 3. The molecule has 0 aromatic rings. The molecule has 0 amide bonds. The summed E-state index contributed by atoms with van der Waals surface area (Å²) in [6.45, 7) is 9.53. The number of carbonyl (C=O) groups excluding carboxylic acids is 4. The van der Waals surface area contributed by atoms with E-state index in [9.17, 15) is 43.2 Å². The van der Waals surface area contributed by atoms with Crippen LogP contribution in [0.15, 0.2) is 0 Å². The average Bonchev–Trinajstić information content (AvgIpc) is 1.85. The lowest BCUT2D eigenvalue weighted by Gasteiger charge is -2.21. The van der Waals surface area contributed by atoms with Gasteiger partial charge in [-0.25, -0.2) is 9.13 Å². The highest BCUT2D eigenvalue weighted by Crippen LogP contribution is 2.45. The molecule has 0 radical (unpaired) electrons. The van der Waals surface area contributed by atoms with Gasteiger partial charge in [0.05, 0.1) is 26.4 Å². The van der Waals surface area contributed by atoms with Crippen molar-refractivity contribution in [3.63, 3.8) is 0 Å². The smallest absolute Gasteiger partial charge is 0.462 e. The highest BCUT2D eigenvalue weighted by molar-refractivity contribution is 7.47. The molecule has 0 bridgehead atoms. The Balaban J connectivity index is 5.15. The van der Waals surface area contributed by atoms with Crippen LogP contribution in [0.1, 0.15) is 388 Å². The van der Waals surface area contributed by atoms with Crippen molar-refractivity contribution in [2.24, 2.45) is 11.8 Å². The molecule has 3 N–H and O–H groups in total. The Bertz CT molecular complexity index is 1820. The lowest BCUT2D eigenvalue weighted by Crippen LogP contribution is -2.30. The fraction of sp³-hybridized carbons (Fsp3) is 0.947. The summed E-state index contributed by atoms with van der Waals surface area (Å²) < 4.78 is 68.4. The van der Waals surface area contributed by atoms with Crippen molar-refractivity contribution >= 4 is 39.5 Å². The van der Waals surface area contributed by atoms with Gasteiger partial charge in [0.2, 0.25) is 0 Å². The van der Waals surface area contributed by atoms with E-state index in [1.165, 1.54) is 199 Å². The topological polar surface area (TPSA) is 237 Å². The quantitative estimate of drug-likeness (QED) is 0.0222. The molecule has 6 atom stereocenters. The van der Waals surface area contributed by atoms with Crippen LogP contribution in [0.5, 0.6) is 0 Å². The Labute approximate surface area is 575 Å². The minimum atomic E-state index is -4.96. The number of carbonyl (C=O) groups is 4. The molecule has 0 aliphatic carbocycles. The zero-order valence-corrected chi connectivity index (χ0v) is 63.1. The Hall–Kier alpha value is -1.94. The molecule has 558 valence electrons. The number of hydrogen-bond acceptors (Lipinski definition) is 15. The van der Waals surface area contributed by atoms with E-state index in [2.05, 4.69) is 41.5 Å². The molecule has 0 fully saturated rings. The molecule has 0 saturated carbocycles. The van der Waals surface area contributed by atoms with E-state index in [0.29, 0.717) is 25.7 Å². The second-order valence-electron chi connectivity index (χ2n) is 27.8. The van der Waals surface area contributed by atoms with Gasteiger partial charge in [0.1, 0.15) is 19.3 Å². The molecule has 19 heteroatoms. The Morgan fingerprint density at radius 1 is 0.309 bits per heavy atom. The van der Waals surface area contributed by atoms with Crippen LogP contribution in [0.25, 0.3) is 0 Å². The summed E-state index contributed by atoms with van der Waals surface area (Å²) >= 11 is 0. The van der Waals surface area contributed by atoms with Gasteiger partial charge < -0.3 is 33.8 Å². The van der Waals surface area contributed by atoms with Crippen molar-refractivity contribution in [3.8, 4) is 0 Å². The van der Waals surface area contributed by atoms with Crippen molar-refractivity contribution in [2.45, 2.75) is 407 Å². The van der Waals surface area contributed by atoms with Crippen LogP contribution in [-0.2, 0) is 65.4 Å². The normalized spacial score (nSPS) is 14.3. The molecule has 0 spiro atoms. The summed E-state index contributed by atoms with van der Waals surface area (Å²) in [4.78, 5) is 72.6. The predicted molar refractivity (Wildman–Crippen MR) is 381 cm³/mol. The molecule has 0 heterocycles. The molecular weight excluding hydrogens is 1230 g/mol. The second kappa shape index (κ2) is 66.9. The highest BCUT2D eigenvalue weighted by atomic mass is 31.2. The van der Waals surface area contributed by atoms with E-state index >= 15 is 0 Å². The minimum absolute atomic E-state index is 0.105. The number of esters is 4. The first kappa shape index (κ1) is 92.1. The van der Waals surface area contributed by atoms with E-state index < -0.39 is 97.5 Å². The molecular formula is C75H146O17P2. The van der Waals surface area contributed by atoms with Gasteiger partial charge in [-0.05, 0) is 37.5 Å². The third-order valence-electron chi connectivity index (χ3n) is 17.8. The van der Waals surface area contributed by atoms with Gasteiger partial charge in [-0.15, -0.1) is 0 Å². The zero-order valence-electron chi connectivity index (χ0n) is 61.3. The summed E-state index contributed by atoms with van der Waals surface area (Å²) in [5.74, 6) is -0.610. The number of rotatable bonds is 74. The maximum absolute atomic E-state index is 13.1. The van der Waals surface area contributed by atoms with Gasteiger partial charge in [-0.3, -0.25) is 37.3 Å². The van der Waals surface area contributed by atoms with Crippen molar-refractivity contribution in [1.82, 2.24) is 0 Å². The van der Waals surface area contributed by atoms with E-state index in [0.717, 1.165) is 108 Å². The number of ether oxygens (including phenoxy) is 4. The molecule has 0 rings (SSSR count). The molecule has 17 nitrogen and oxygen atoms in total. The average molecular weight is 1380 g/mol. The molecule has 3 unspecified atom stereocenters. The number of aliphatic hydroxyl groups is 1. The lowest BCUT2D eigenvalue weighted by molar-refractivity contribution is -0.161. The summed E-state index contributed by atoms with van der Waals surface area (Å²) in [5.41, 5.74) is 0. The molecule has 0 aliphatic rings. The van der Waals surface area contributed by atoms with Crippen LogP contribution in [0.2, 0.25) is 0 Å². The first-order chi connectivity index (χ1) is 45.4. The van der Waals surface area contributed by atoms with Gasteiger partial charge in [0, 0.05) is 25.7 Å². The van der Waals surface area contributed by atoms with Crippen LogP contribution >= 0.6 is 15.6 Å². The van der Waals surface area contributed by atoms with Gasteiger partial charge >= 0.3 is 39.5 Å². The van der Waals surface area contributed by atoms with Gasteiger partial charge in [0.15, 0.2) is 12.2 Å². The number of phosphoric acid groups is 2. The summed E-state index contributed by atoms with van der Waals surface area (Å²) in [6, 6.07) is 0. The zero-order chi connectivity index (χ0) is 69.3. The molecule has 0 saturated heterocycles. The SMILES string of the molecule is CCCCCCCCCCCCCCCCCCCCCCCCC(=O)O[C@H](COC(=O)CCCCCCCCCCCC(C)C)COP(=O)(O)OC[C@@H](O)COP(=O)(O)OC[C@@H](COC(=O)CCCCCCCCCC)OC(=O)CCCCCCCCCCC(C)CC. The van der Waals surface area contributed by atoms with Gasteiger partial charge in [-0.2, -0.15) is 0 Å². The highest BCUT2D eigenvalue weighted by Gasteiger charge is 2.30. The Morgan fingerprint density at radius 3 is 0.809 bits per heavy atom. The minimum Gasteiger partial charge on any atom is -0.462 e. The number of aliphatic hydroxyl groups excluding tert-OH is 1. The van der Waals surface area contributed by atoms with Crippen LogP contribution in [-0.4, -0.2) is 96.7 Å². The van der Waals surface area contributed by atoms with E-state index in [1.54, 1.807) is 0 Å².